The molecular weight excluding hydrogens is 254 g/mol. The Bertz CT molecular complexity index is 453. The first-order valence-electron chi connectivity index (χ1n) is 7.22. The first kappa shape index (κ1) is 14.5. The van der Waals surface area contributed by atoms with Crippen molar-refractivity contribution in [3.63, 3.8) is 0 Å². The highest BCUT2D eigenvalue weighted by Gasteiger charge is 2.23. The zero-order chi connectivity index (χ0) is 14.4. The maximum Gasteiger partial charge on any atom is 0.229 e. The van der Waals surface area contributed by atoms with Crippen LogP contribution in [0, 0.1) is 0 Å². The summed E-state index contributed by atoms with van der Waals surface area (Å²) >= 11 is 0. The minimum absolute atomic E-state index is 0.0688. The van der Waals surface area contributed by atoms with Crippen LogP contribution < -0.4 is 5.32 Å². The van der Waals surface area contributed by atoms with Gasteiger partial charge in [0.15, 0.2) is 0 Å². The quantitative estimate of drug-likeness (QED) is 0.838. The molecular formula is C15H21N3O2. The number of nitrogens with one attached hydrogen (secondary N) is 1. The molecule has 1 aliphatic rings. The van der Waals surface area contributed by atoms with E-state index in [9.17, 15) is 9.59 Å². The standard InChI is InChI=1S/C15H21N3O2/c1-2-9-16-13-8-7-12(10-17-13)11-18-14(19)5-3-4-6-15(18)20/h7-8,10H,2-6,9,11H2,1H3,(H,16,17). The highest BCUT2D eigenvalue weighted by Crippen LogP contribution is 2.16. The number of amides is 2. The minimum Gasteiger partial charge on any atom is -0.370 e. The summed E-state index contributed by atoms with van der Waals surface area (Å²) in [4.78, 5) is 29.5. The molecule has 5 heteroatoms. The topological polar surface area (TPSA) is 62.3 Å². The van der Waals surface area contributed by atoms with Crippen molar-refractivity contribution in [3.8, 4) is 0 Å². The molecule has 0 spiro atoms. The van der Waals surface area contributed by atoms with Crippen molar-refractivity contribution in [2.24, 2.45) is 0 Å². The highest BCUT2D eigenvalue weighted by molar-refractivity contribution is 5.95. The molecule has 0 aromatic carbocycles. The van der Waals surface area contributed by atoms with Gasteiger partial charge < -0.3 is 5.32 Å². The van der Waals surface area contributed by atoms with Crippen LogP contribution in [0.1, 0.15) is 44.6 Å². The fraction of sp³-hybridized carbons (Fsp3) is 0.533. The van der Waals surface area contributed by atoms with Gasteiger partial charge in [0.05, 0.1) is 6.54 Å². The van der Waals surface area contributed by atoms with Crippen LogP contribution in [0.25, 0.3) is 0 Å². The van der Waals surface area contributed by atoms with Gasteiger partial charge in [0.2, 0.25) is 11.8 Å². The second kappa shape index (κ2) is 7.03. The molecule has 0 unspecified atom stereocenters. The molecule has 0 saturated carbocycles. The molecule has 1 fully saturated rings. The van der Waals surface area contributed by atoms with Gasteiger partial charge in [-0.05, 0) is 30.9 Å². The van der Waals surface area contributed by atoms with Crippen LogP contribution in [0.2, 0.25) is 0 Å². The van der Waals surface area contributed by atoms with Gasteiger partial charge in [-0.25, -0.2) is 4.98 Å². The van der Waals surface area contributed by atoms with E-state index in [0.29, 0.717) is 19.4 Å². The van der Waals surface area contributed by atoms with Gasteiger partial charge in [-0.2, -0.15) is 0 Å². The summed E-state index contributed by atoms with van der Waals surface area (Å²) in [5.74, 6) is 0.686. The van der Waals surface area contributed by atoms with Crippen LogP contribution in [-0.4, -0.2) is 28.2 Å². The van der Waals surface area contributed by atoms with E-state index in [4.69, 9.17) is 0 Å². The van der Waals surface area contributed by atoms with E-state index in [0.717, 1.165) is 37.2 Å². The van der Waals surface area contributed by atoms with Crippen LogP contribution in [0.15, 0.2) is 18.3 Å². The fourth-order valence-corrected chi connectivity index (χ4v) is 2.20. The second-order valence-corrected chi connectivity index (χ2v) is 5.06. The van der Waals surface area contributed by atoms with Gasteiger partial charge >= 0.3 is 0 Å². The number of likely N-dealkylation sites (tertiary alicyclic amines) is 1. The first-order valence-corrected chi connectivity index (χ1v) is 7.22. The summed E-state index contributed by atoms with van der Waals surface area (Å²) in [6, 6.07) is 3.80. The minimum atomic E-state index is -0.0688. The molecule has 0 bridgehead atoms. The van der Waals surface area contributed by atoms with E-state index in [-0.39, 0.29) is 11.8 Å². The average Bonchev–Trinajstić information content (AvgIpc) is 2.62. The zero-order valence-electron chi connectivity index (χ0n) is 11.9. The Morgan fingerprint density at radius 2 is 1.90 bits per heavy atom. The molecule has 2 heterocycles. The number of nitrogens with zero attached hydrogens (tertiary/aromatic N) is 2. The summed E-state index contributed by atoms with van der Waals surface area (Å²) in [6.45, 7) is 3.31. The number of anilines is 1. The Balaban J connectivity index is 2.00. The monoisotopic (exact) mass is 275 g/mol. The van der Waals surface area contributed by atoms with Crippen LogP contribution >= 0.6 is 0 Å². The number of hydrogen-bond acceptors (Lipinski definition) is 4. The van der Waals surface area contributed by atoms with Crippen molar-refractivity contribution in [2.75, 3.05) is 11.9 Å². The number of imide groups is 1. The number of carbonyl (C=O) groups is 2. The van der Waals surface area contributed by atoms with E-state index < -0.39 is 0 Å². The Hall–Kier alpha value is -1.91. The van der Waals surface area contributed by atoms with E-state index in [1.165, 1.54) is 4.90 Å². The average molecular weight is 275 g/mol. The molecule has 108 valence electrons. The summed E-state index contributed by atoms with van der Waals surface area (Å²) in [6.07, 6.45) is 5.31. The predicted octanol–water partition coefficient (Wildman–Crippen LogP) is 2.33. The summed E-state index contributed by atoms with van der Waals surface area (Å²) in [7, 11) is 0. The lowest BCUT2D eigenvalue weighted by molar-refractivity contribution is -0.144. The lowest BCUT2D eigenvalue weighted by Gasteiger charge is -2.18. The molecule has 1 aromatic rings. The number of aromatic nitrogens is 1. The molecule has 1 aromatic heterocycles. The fourth-order valence-electron chi connectivity index (χ4n) is 2.20. The van der Waals surface area contributed by atoms with Crippen molar-refractivity contribution >= 4 is 17.6 Å². The van der Waals surface area contributed by atoms with Crippen LogP contribution in [0.5, 0.6) is 0 Å². The molecule has 0 aliphatic carbocycles. The van der Waals surface area contributed by atoms with Crippen molar-refractivity contribution in [1.29, 1.82) is 0 Å². The van der Waals surface area contributed by atoms with Gasteiger partial charge in [0.25, 0.3) is 0 Å². The normalized spacial score (nSPS) is 16.1. The molecule has 5 nitrogen and oxygen atoms in total. The van der Waals surface area contributed by atoms with Crippen LogP contribution in [0.3, 0.4) is 0 Å². The summed E-state index contributed by atoms with van der Waals surface area (Å²) in [5, 5.41) is 3.19. The maximum atomic E-state index is 11.9. The van der Waals surface area contributed by atoms with E-state index in [1.807, 2.05) is 12.1 Å². The van der Waals surface area contributed by atoms with E-state index in [1.54, 1.807) is 6.20 Å². The third-order valence-electron chi connectivity index (χ3n) is 3.35. The molecule has 2 amide bonds. The number of hydrogen-bond donors (Lipinski definition) is 1. The molecule has 1 saturated heterocycles. The van der Waals surface area contributed by atoms with E-state index in [2.05, 4.69) is 17.2 Å². The molecule has 1 N–H and O–H groups in total. The Kier molecular flexibility index (Phi) is 5.09. The molecule has 2 rings (SSSR count). The maximum absolute atomic E-state index is 11.9. The highest BCUT2D eigenvalue weighted by atomic mass is 16.2. The van der Waals surface area contributed by atoms with Crippen LogP contribution in [0.4, 0.5) is 5.82 Å². The third-order valence-corrected chi connectivity index (χ3v) is 3.35. The lowest BCUT2D eigenvalue weighted by Crippen LogP contribution is -2.34. The lowest BCUT2D eigenvalue weighted by atomic mass is 10.2. The number of rotatable bonds is 5. The first-order chi connectivity index (χ1) is 9.70. The van der Waals surface area contributed by atoms with Gasteiger partial charge in [0, 0.05) is 25.6 Å². The van der Waals surface area contributed by atoms with Crippen molar-refractivity contribution in [2.45, 2.75) is 45.6 Å². The molecule has 20 heavy (non-hydrogen) atoms. The molecule has 0 radical (unpaired) electrons. The Morgan fingerprint density at radius 3 is 2.45 bits per heavy atom. The van der Waals surface area contributed by atoms with Crippen molar-refractivity contribution < 1.29 is 9.59 Å². The number of pyridine rings is 1. The smallest absolute Gasteiger partial charge is 0.229 e. The summed E-state index contributed by atoms with van der Waals surface area (Å²) < 4.78 is 0. The van der Waals surface area contributed by atoms with Crippen molar-refractivity contribution in [3.05, 3.63) is 23.9 Å². The molecule has 1 aliphatic heterocycles. The SMILES string of the molecule is CCCNc1ccc(CN2C(=O)CCCCC2=O)cn1. The third kappa shape index (κ3) is 3.79. The zero-order valence-corrected chi connectivity index (χ0v) is 11.9. The number of carbonyl (C=O) groups excluding carboxylic acids is 2. The summed E-state index contributed by atoms with van der Waals surface area (Å²) in [5.41, 5.74) is 0.885. The largest absolute Gasteiger partial charge is 0.370 e. The second-order valence-electron chi connectivity index (χ2n) is 5.06. The van der Waals surface area contributed by atoms with Gasteiger partial charge in [-0.15, -0.1) is 0 Å². The predicted molar refractivity (Wildman–Crippen MR) is 77.0 cm³/mol. The van der Waals surface area contributed by atoms with Gasteiger partial charge in [-0.3, -0.25) is 14.5 Å². The van der Waals surface area contributed by atoms with E-state index >= 15 is 0 Å². The Morgan fingerprint density at radius 1 is 1.20 bits per heavy atom. The van der Waals surface area contributed by atoms with Gasteiger partial charge in [-0.1, -0.05) is 13.0 Å². The molecule has 0 atom stereocenters. The Labute approximate surface area is 119 Å². The van der Waals surface area contributed by atoms with Crippen molar-refractivity contribution in [1.82, 2.24) is 9.88 Å². The van der Waals surface area contributed by atoms with Gasteiger partial charge in [0.1, 0.15) is 5.82 Å². The van der Waals surface area contributed by atoms with Crippen LogP contribution in [-0.2, 0) is 16.1 Å².